The predicted molar refractivity (Wildman–Crippen MR) is 78.8 cm³/mol. The topological polar surface area (TPSA) is 58.6 Å². The Morgan fingerprint density at radius 3 is 2.41 bits per heavy atom. The van der Waals surface area contributed by atoms with Gasteiger partial charge in [-0.1, -0.05) is 0 Å². The largest absolute Gasteiger partial charge is 0.488 e. The van der Waals surface area contributed by atoms with Crippen LogP contribution in [-0.2, 0) is 10.0 Å². The zero-order valence-electron chi connectivity index (χ0n) is 12.3. The number of nitrogens with zero attached hydrogens (tertiary/aromatic N) is 1. The Morgan fingerprint density at radius 2 is 1.86 bits per heavy atom. The molecule has 1 aliphatic rings. The molecule has 5 nitrogen and oxygen atoms in total. The number of alkyl halides is 2. The first-order chi connectivity index (χ1) is 10.4. The Labute approximate surface area is 129 Å². The Hall–Kier alpha value is -1.25. The van der Waals surface area contributed by atoms with Gasteiger partial charge in [-0.25, -0.2) is 17.2 Å². The molecule has 1 N–H and O–H groups in total. The van der Waals surface area contributed by atoms with Crippen LogP contribution in [0, 0.1) is 0 Å². The van der Waals surface area contributed by atoms with E-state index in [0.29, 0.717) is 0 Å². The first-order valence-electron chi connectivity index (χ1n) is 7.11. The minimum atomic E-state index is -3.58. The van der Waals surface area contributed by atoms with Crippen molar-refractivity contribution in [2.24, 2.45) is 0 Å². The molecular weight excluding hydrogens is 314 g/mol. The highest BCUT2D eigenvalue weighted by Crippen LogP contribution is 2.23. The Morgan fingerprint density at radius 1 is 1.27 bits per heavy atom. The smallest absolute Gasteiger partial charge is 0.272 e. The summed E-state index contributed by atoms with van der Waals surface area (Å²) in [5.41, 5.74) is 0. The van der Waals surface area contributed by atoms with E-state index < -0.39 is 23.1 Å². The molecule has 0 aliphatic carbocycles. The highest BCUT2D eigenvalue weighted by Gasteiger charge is 2.28. The van der Waals surface area contributed by atoms with Crippen LogP contribution < -0.4 is 10.1 Å². The summed E-state index contributed by atoms with van der Waals surface area (Å²) in [5.74, 6) is 0.226. The van der Waals surface area contributed by atoms with Crippen LogP contribution in [0.25, 0.3) is 0 Å². The molecule has 0 unspecified atom stereocenters. The highest BCUT2D eigenvalue weighted by molar-refractivity contribution is 7.89. The number of rotatable bonds is 6. The van der Waals surface area contributed by atoms with E-state index in [9.17, 15) is 17.2 Å². The van der Waals surface area contributed by atoms with E-state index in [2.05, 4.69) is 5.32 Å². The van der Waals surface area contributed by atoms with Crippen LogP contribution in [0.2, 0.25) is 0 Å². The van der Waals surface area contributed by atoms with Crippen molar-refractivity contribution in [3.8, 4) is 5.75 Å². The number of halogens is 2. The Bertz CT molecular complexity index is 572. The fourth-order valence-electron chi connectivity index (χ4n) is 2.40. The van der Waals surface area contributed by atoms with Crippen LogP contribution in [-0.4, -0.2) is 51.9 Å². The van der Waals surface area contributed by atoms with E-state index >= 15 is 0 Å². The maximum absolute atomic E-state index is 12.6. The highest BCUT2D eigenvalue weighted by atomic mass is 32.2. The molecule has 0 amide bonds. The SMILES string of the molecule is CN(C1CCNCC1)S(=O)(=O)c1ccc(OCC(F)F)cc1. The second-order valence-electron chi connectivity index (χ2n) is 5.18. The molecule has 1 aliphatic heterocycles. The minimum absolute atomic E-state index is 0.0268. The summed E-state index contributed by atoms with van der Waals surface area (Å²) in [6.07, 6.45) is -1.02. The molecule has 1 heterocycles. The Balaban J connectivity index is 2.08. The normalized spacial score (nSPS) is 17.1. The molecule has 8 heteroatoms. The zero-order chi connectivity index (χ0) is 16.2. The summed E-state index contributed by atoms with van der Waals surface area (Å²) in [7, 11) is -2.01. The van der Waals surface area contributed by atoms with Crippen molar-refractivity contribution in [3.63, 3.8) is 0 Å². The Kier molecular flexibility index (Phi) is 5.71. The van der Waals surface area contributed by atoms with Gasteiger partial charge in [-0.2, -0.15) is 4.31 Å². The summed E-state index contributed by atoms with van der Waals surface area (Å²) in [6, 6.07) is 5.53. The molecule has 124 valence electrons. The van der Waals surface area contributed by atoms with Gasteiger partial charge >= 0.3 is 0 Å². The molecule has 0 saturated carbocycles. The summed E-state index contributed by atoms with van der Waals surface area (Å²) in [5, 5.41) is 3.19. The zero-order valence-corrected chi connectivity index (χ0v) is 13.2. The lowest BCUT2D eigenvalue weighted by Crippen LogP contribution is -2.43. The maximum atomic E-state index is 12.6. The van der Waals surface area contributed by atoms with Gasteiger partial charge in [0.15, 0.2) is 0 Å². The molecule has 0 radical (unpaired) electrons. The molecule has 1 fully saturated rings. The first kappa shape index (κ1) is 17.1. The fraction of sp³-hybridized carbons (Fsp3) is 0.571. The van der Waals surface area contributed by atoms with Gasteiger partial charge in [0.1, 0.15) is 12.4 Å². The van der Waals surface area contributed by atoms with Crippen molar-refractivity contribution in [1.29, 1.82) is 0 Å². The van der Waals surface area contributed by atoms with Crippen molar-refractivity contribution < 1.29 is 21.9 Å². The molecule has 0 bridgehead atoms. The average molecular weight is 334 g/mol. The summed E-state index contributed by atoms with van der Waals surface area (Å²) in [6.45, 7) is 0.886. The number of ether oxygens (including phenoxy) is 1. The van der Waals surface area contributed by atoms with Gasteiger partial charge in [0.2, 0.25) is 10.0 Å². The van der Waals surface area contributed by atoms with E-state index in [0.717, 1.165) is 25.9 Å². The van der Waals surface area contributed by atoms with Crippen LogP contribution in [0.1, 0.15) is 12.8 Å². The third-order valence-electron chi connectivity index (χ3n) is 3.70. The summed E-state index contributed by atoms with van der Waals surface area (Å²) < 4.78 is 55.5. The molecular formula is C14H20F2N2O3S. The third-order valence-corrected chi connectivity index (χ3v) is 5.62. The lowest BCUT2D eigenvalue weighted by Gasteiger charge is -2.30. The summed E-state index contributed by atoms with van der Waals surface area (Å²) >= 11 is 0. The number of nitrogens with one attached hydrogen (secondary N) is 1. The quantitative estimate of drug-likeness (QED) is 0.860. The second kappa shape index (κ2) is 7.34. The van der Waals surface area contributed by atoms with Crippen LogP contribution in [0.3, 0.4) is 0 Å². The number of hydrogen-bond donors (Lipinski definition) is 1. The van der Waals surface area contributed by atoms with E-state index in [1.54, 1.807) is 7.05 Å². The van der Waals surface area contributed by atoms with Gasteiger partial charge in [0.25, 0.3) is 6.43 Å². The van der Waals surface area contributed by atoms with Crippen molar-refractivity contribution in [1.82, 2.24) is 9.62 Å². The molecule has 1 aromatic rings. The standard InChI is InChI=1S/C14H20F2N2O3S/c1-18(11-6-8-17-9-7-11)22(19,20)13-4-2-12(3-5-13)21-10-14(15)16/h2-5,11,14,17H,6-10H2,1H3. The lowest BCUT2D eigenvalue weighted by molar-refractivity contribution is 0.0819. The van der Waals surface area contributed by atoms with E-state index in [1.165, 1.54) is 28.6 Å². The average Bonchev–Trinajstić information content (AvgIpc) is 2.53. The predicted octanol–water partition coefficient (Wildman–Crippen LogP) is 1.70. The van der Waals surface area contributed by atoms with Gasteiger partial charge in [0, 0.05) is 13.1 Å². The van der Waals surface area contributed by atoms with Gasteiger partial charge in [-0.15, -0.1) is 0 Å². The molecule has 0 spiro atoms. The monoisotopic (exact) mass is 334 g/mol. The molecule has 1 saturated heterocycles. The van der Waals surface area contributed by atoms with Gasteiger partial charge in [0.05, 0.1) is 4.90 Å². The van der Waals surface area contributed by atoms with E-state index in [-0.39, 0.29) is 16.7 Å². The van der Waals surface area contributed by atoms with E-state index in [1.807, 2.05) is 0 Å². The van der Waals surface area contributed by atoms with Gasteiger partial charge in [-0.3, -0.25) is 0 Å². The minimum Gasteiger partial charge on any atom is -0.488 e. The van der Waals surface area contributed by atoms with Crippen molar-refractivity contribution >= 4 is 10.0 Å². The second-order valence-corrected chi connectivity index (χ2v) is 7.17. The van der Waals surface area contributed by atoms with Gasteiger partial charge < -0.3 is 10.1 Å². The number of hydrogen-bond acceptors (Lipinski definition) is 4. The van der Waals surface area contributed by atoms with Crippen LogP contribution >= 0.6 is 0 Å². The third kappa shape index (κ3) is 4.15. The fourth-order valence-corrected chi connectivity index (χ4v) is 3.82. The van der Waals surface area contributed by atoms with Gasteiger partial charge in [-0.05, 0) is 50.2 Å². The number of piperidine rings is 1. The molecule has 0 atom stereocenters. The maximum Gasteiger partial charge on any atom is 0.272 e. The lowest BCUT2D eigenvalue weighted by atomic mass is 10.1. The van der Waals surface area contributed by atoms with Crippen molar-refractivity contribution in [2.75, 3.05) is 26.7 Å². The number of sulfonamides is 1. The van der Waals surface area contributed by atoms with E-state index in [4.69, 9.17) is 4.74 Å². The molecule has 22 heavy (non-hydrogen) atoms. The summed E-state index contributed by atoms with van der Waals surface area (Å²) in [4.78, 5) is 0.137. The van der Waals surface area contributed by atoms with Crippen LogP contribution in [0.4, 0.5) is 8.78 Å². The molecule has 0 aromatic heterocycles. The first-order valence-corrected chi connectivity index (χ1v) is 8.55. The number of benzene rings is 1. The molecule has 1 aromatic carbocycles. The van der Waals surface area contributed by atoms with Crippen LogP contribution in [0.15, 0.2) is 29.2 Å². The molecule has 2 rings (SSSR count). The van der Waals surface area contributed by atoms with Crippen molar-refractivity contribution in [3.05, 3.63) is 24.3 Å². The van der Waals surface area contributed by atoms with Crippen molar-refractivity contribution in [2.45, 2.75) is 30.2 Å². The van der Waals surface area contributed by atoms with Crippen LogP contribution in [0.5, 0.6) is 5.75 Å².